The molecular weight excluding hydrogens is 817 g/mol. The van der Waals surface area contributed by atoms with Gasteiger partial charge in [0.2, 0.25) is 0 Å². The second-order valence-corrected chi connectivity index (χ2v) is 20.0. The van der Waals surface area contributed by atoms with E-state index in [9.17, 15) is 0 Å². The van der Waals surface area contributed by atoms with Crippen molar-refractivity contribution in [2.75, 3.05) is 0 Å². The van der Waals surface area contributed by atoms with Gasteiger partial charge in [-0.3, -0.25) is 0 Å². The first-order chi connectivity index (χ1) is 33.5. The molecule has 0 nitrogen and oxygen atoms in total. The highest BCUT2D eigenvalue weighted by Gasteiger charge is 2.82. The first-order valence-electron chi connectivity index (χ1n) is 25.4. The van der Waals surface area contributed by atoms with Crippen LogP contribution in [0.2, 0.25) is 0 Å². The summed E-state index contributed by atoms with van der Waals surface area (Å²) in [5.41, 5.74) is 23.6. The van der Waals surface area contributed by atoms with Crippen LogP contribution in [0.4, 0.5) is 0 Å². The molecule has 3 aliphatic rings. The summed E-state index contributed by atoms with van der Waals surface area (Å²) in [4.78, 5) is 0. The van der Waals surface area contributed by atoms with Gasteiger partial charge in [0.15, 0.2) is 0 Å². The SMILES string of the molecule is CCC[C@@]12c3ccccc3[C@@]3(CCC)c4ccc(-c5c(-c6ccccc6)c(-c6ccccc6)c(-c6ccccc6)c(-c6ccccc6)c5-c5ccccc5)cc4[C@@](CCC)(c4ccccc41)[C@@]23C. The third kappa shape index (κ3) is 5.44. The van der Waals surface area contributed by atoms with Crippen LogP contribution in [0.25, 0.3) is 66.8 Å². The van der Waals surface area contributed by atoms with Crippen molar-refractivity contribution in [1.82, 2.24) is 0 Å². The quantitative estimate of drug-likeness (QED) is 0.115. The van der Waals surface area contributed by atoms with Crippen molar-refractivity contribution in [1.29, 1.82) is 0 Å². The monoisotopic (exact) mass is 876 g/mol. The van der Waals surface area contributed by atoms with Crippen LogP contribution < -0.4 is 0 Å². The van der Waals surface area contributed by atoms with Crippen LogP contribution in [0, 0.1) is 5.41 Å². The average Bonchev–Trinajstić information content (AvgIpc) is 3.81. The van der Waals surface area contributed by atoms with E-state index in [0.717, 1.165) is 38.5 Å². The summed E-state index contributed by atoms with van der Waals surface area (Å²) in [5.74, 6) is 0. The van der Waals surface area contributed by atoms with Crippen molar-refractivity contribution in [3.8, 4) is 66.8 Å². The van der Waals surface area contributed by atoms with Crippen molar-refractivity contribution in [2.24, 2.45) is 5.41 Å². The number of fused-ring (bicyclic) bond motifs is 9. The first-order valence-corrected chi connectivity index (χ1v) is 25.4. The number of rotatable bonds is 12. The van der Waals surface area contributed by atoms with E-state index in [0.29, 0.717) is 0 Å². The third-order valence-electron chi connectivity index (χ3n) is 17.2. The Morgan fingerprint density at radius 1 is 0.250 bits per heavy atom. The first kappa shape index (κ1) is 42.3. The Kier molecular flexibility index (Phi) is 10.2. The molecule has 0 spiro atoms. The highest BCUT2D eigenvalue weighted by molar-refractivity contribution is 6.15. The molecular formula is C68H60. The van der Waals surface area contributed by atoms with E-state index < -0.39 is 0 Å². The molecule has 332 valence electrons. The second-order valence-electron chi connectivity index (χ2n) is 20.0. The molecule has 0 amide bonds. The lowest BCUT2D eigenvalue weighted by Crippen LogP contribution is -2.54. The van der Waals surface area contributed by atoms with E-state index >= 15 is 0 Å². The molecule has 0 fully saturated rings. The molecule has 0 heteroatoms. The lowest BCUT2D eigenvalue weighted by atomic mass is 9.48. The summed E-state index contributed by atoms with van der Waals surface area (Å²) in [5, 5.41) is 0. The Bertz CT molecular complexity index is 3200. The Balaban J connectivity index is 1.31. The Morgan fingerprint density at radius 2 is 0.485 bits per heavy atom. The minimum absolute atomic E-state index is 0.124. The van der Waals surface area contributed by atoms with E-state index in [1.165, 1.54) is 66.8 Å². The molecule has 0 bridgehead atoms. The molecule has 4 atom stereocenters. The summed E-state index contributed by atoms with van der Waals surface area (Å²) in [6.45, 7) is 10.1. The second kappa shape index (κ2) is 16.3. The normalized spacial score (nSPS) is 21.5. The van der Waals surface area contributed by atoms with E-state index in [-0.39, 0.29) is 21.7 Å². The maximum atomic E-state index is 2.77. The Labute approximate surface area is 404 Å². The fourth-order valence-corrected chi connectivity index (χ4v) is 15.2. The summed E-state index contributed by atoms with van der Waals surface area (Å²) < 4.78 is 0. The Morgan fingerprint density at radius 3 is 0.765 bits per heavy atom. The van der Waals surface area contributed by atoms with Crippen molar-refractivity contribution in [3.63, 3.8) is 0 Å². The molecule has 0 unspecified atom stereocenters. The van der Waals surface area contributed by atoms with Crippen LogP contribution in [0.5, 0.6) is 0 Å². The van der Waals surface area contributed by atoms with Gasteiger partial charge in [-0.15, -0.1) is 0 Å². The number of hydrogen-bond acceptors (Lipinski definition) is 0. The van der Waals surface area contributed by atoms with Crippen LogP contribution in [-0.4, -0.2) is 0 Å². The summed E-state index contributed by atoms with van der Waals surface area (Å²) >= 11 is 0. The molecule has 0 N–H and O–H groups in total. The van der Waals surface area contributed by atoms with Crippen molar-refractivity contribution >= 4 is 0 Å². The molecule has 68 heavy (non-hydrogen) atoms. The van der Waals surface area contributed by atoms with Crippen LogP contribution in [0.1, 0.15) is 99.6 Å². The van der Waals surface area contributed by atoms with Gasteiger partial charge in [0.1, 0.15) is 0 Å². The van der Waals surface area contributed by atoms with Crippen molar-refractivity contribution in [2.45, 2.75) is 82.5 Å². The van der Waals surface area contributed by atoms with Gasteiger partial charge in [-0.05, 0) is 125 Å². The molecule has 0 aromatic heterocycles. The lowest BCUT2D eigenvalue weighted by Gasteiger charge is -2.53. The Hall–Kier alpha value is -7.02. The zero-order chi connectivity index (χ0) is 46.1. The summed E-state index contributed by atoms with van der Waals surface area (Å²) in [7, 11) is 0. The van der Waals surface area contributed by atoms with Gasteiger partial charge in [-0.1, -0.05) is 259 Å². The van der Waals surface area contributed by atoms with Crippen molar-refractivity contribution in [3.05, 3.63) is 252 Å². The van der Waals surface area contributed by atoms with Gasteiger partial charge in [0.05, 0.1) is 0 Å². The zero-order valence-electron chi connectivity index (χ0n) is 40.0. The number of benzene rings is 9. The highest BCUT2D eigenvalue weighted by atomic mass is 14.8. The molecule has 12 rings (SSSR count). The number of hydrogen-bond donors (Lipinski definition) is 0. The molecule has 0 saturated heterocycles. The standard InChI is InChI=1S/C68H60/c1-5-43-66-53-37-23-24-38-54(53)67(44-6-2)57-42-41-52(46-58(57)68(45-7-3,65(66,67)4)56-40-26-25-39-55(56)66)64-62(50-33-19-11-20-34-50)60(48-29-15-9-16-30-48)59(47-27-13-8-14-28-47)61(49-31-17-10-18-32-49)63(64)51-35-21-12-22-36-51/h8-42,46H,5-7,43-45H2,1-4H3/t65-,66+,67-,68+/m0/s1. The topological polar surface area (TPSA) is 0 Å². The van der Waals surface area contributed by atoms with Crippen LogP contribution >= 0.6 is 0 Å². The van der Waals surface area contributed by atoms with Gasteiger partial charge in [-0.2, -0.15) is 0 Å². The summed E-state index contributed by atoms with van der Waals surface area (Å²) in [6.07, 6.45) is 6.68. The van der Waals surface area contributed by atoms with Gasteiger partial charge in [0.25, 0.3) is 0 Å². The van der Waals surface area contributed by atoms with Crippen LogP contribution in [0.3, 0.4) is 0 Å². The minimum Gasteiger partial charge on any atom is -0.0653 e. The molecule has 9 aromatic carbocycles. The predicted molar refractivity (Wildman–Crippen MR) is 287 cm³/mol. The average molecular weight is 877 g/mol. The zero-order valence-corrected chi connectivity index (χ0v) is 40.0. The maximum absolute atomic E-state index is 2.77. The highest BCUT2D eigenvalue weighted by Crippen LogP contribution is 2.85. The van der Waals surface area contributed by atoms with Crippen LogP contribution in [0.15, 0.2) is 218 Å². The van der Waals surface area contributed by atoms with Gasteiger partial charge >= 0.3 is 0 Å². The minimum atomic E-state index is -0.221. The van der Waals surface area contributed by atoms with E-state index in [1.807, 2.05) is 0 Å². The molecule has 0 radical (unpaired) electrons. The van der Waals surface area contributed by atoms with Gasteiger partial charge in [-0.25, -0.2) is 0 Å². The molecule has 0 aliphatic heterocycles. The fraction of sp³-hybridized carbons (Fsp3) is 0.206. The summed E-state index contributed by atoms with van der Waals surface area (Å²) in [6, 6.07) is 83.6. The van der Waals surface area contributed by atoms with Gasteiger partial charge in [0, 0.05) is 21.7 Å². The van der Waals surface area contributed by atoms with Crippen molar-refractivity contribution < 1.29 is 0 Å². The molecule has 0 heterocycles. The largest absolute Gasteiger partial charge is 0.0653 e. The van der Waals surface area contributed by atoms with E-state index in [1.54, 1.807) is 33.4 Å². The maximum Gasteiger partial charge on any atom is 0.0286 e. The predicted octanol–water partition coefficient (Wildman–Crippen LogP) is 18.3. The molecule has 3 aliphatic carbocycles. The fourth-order valence-electron chi connectivity index (χ4n) is 15.2. The van der Waals surface area contributed by atoms with Crippen LogP contribution in [-0.2, 0) is 16.2 Å². The van der Waals surface area contributed by atoms with E-state index in [2.05, 4.69) is 246 Å². The lowest BCUT2D eigenvalue weighted by molar-refractivity contribution is 0.0540. The smallest absolute Gasteiger partial charge is 0.0286 e. The van der Waals surface area contributed by atoms with E-state index in [4.69, 9.17) is 0 Å². The third-order valence-corrected chi connectivity index (χ3v) is 17.2. The van der Waals surface area contributed by atoms with Gasteiger partial charge < -0.3 is 0 Å². The molecule has 9 aromatic rings. The molecule has 0 saturated carbocycles.